The number of aromatic nitrogens is 1. The first-order chi connectivity index (χ1) is 12.2. The van der Waals surface area contributed by atoms with Gasteiger partial charge in [-0.15, -0.1) is 0 Å². The van der Waals surface area contributed by atoms with Crippen molar-refractivity contribution >= 4 is 28.4 Å². The molecule has 1 aromatic heterocycles. The minimum absolute atomic E-state index is 0.0221. The van der Waals surface area contributed by atoms with Gasteiger partial charge in [-0.2, -0.15) is 0 Å². The van der Waals surface area contributed by atoms with Gasteiger partial charge in [-0.05, 0) is 36.1 Å². The number of hydrogen-bond acceptors (Lipinski definition) is 1. The van der Waals surface area contributed by atoms with Crippen LogP contribution in [0.5, 0.6) is 0 Å². The molecule has 3 nitrogen and oxygen atoms in total. The van der Waals surface area contributed by atoms with Gasteiger partial charge in [0.15, 0.2) is 0 Å². The maximum absolute atomic E-state index is 12.3. The van der Waals surface area contributed by atoms with Gasteiger partial charge in [0.1, 0.15) is 0 Å². The maximum Gasteiger partial charge on any atom is 0.223 e. The lowest BCUT2D eigenvalue weighted by atomic mass is 9.84. The third-order valence-corrected chi connectivity index (χ3v) is 5.58. The van der Waals surface area contributed by atoms with E-state index in [1.807, 2.05) is 42.6 Å². The molecule has 0 aliphatic heterocycles. The average molecular weight is 353 g/mol. The highest BCUT2D eigenvalue weighted by Gasteiger charge is 2.27. The van der Waals surface area contributed by atoms with Crippen LogP contribution in [0.3, 0.4) is 0 Å². The molecule has 2 N–H and O–H groups in total. The zero-order chi connectivity index (χ0) is 17.2. The van der Waals surface area contributed by atoms with Crippen LogP contribution in [0, 0.1) is 5.92 Å². The molecule has 128 valence electrons. The predicted octanol–water partition coefficient (Wildman–Crippen LogP) is 4.87. The molecule has 0 unspecified atom stereocenters. The van der Waals surface area contributed by atoms with Gasteiger partial charge in [-0.3, -0.25) is 4.79 Å². The monoisotopic (exact) mass is 352 g/mol. The first-order valence-electron chi connectivity index (χ1n) is 8.82. The van der Waals surface area contributed by atoms with Crippen LogP contribution in [0.4, 0.5) is 0 Å². The Labute approximate surface area is 152 Å². The molecule has 0 radical (unpaired) electrons. The van der Waals surface area contributed by atoms with Gasteiger partial charge in [0.25, 0.3) is 0 Å². The molecule has 1 atom stereocenters. The van der Waals surface area contributed by atoms with Crippen LogP contribution in [-0.4, -0.2) is 17.4 Å². The summed E-state index contributed by atoms with van der Waals surface area (Å²) in [5.41, 5.74) is 3.31. The van der Waals surface area contributed by atoms with Crippen LogP contribution < -0.4 is 5.32 Å². The van der Waals surface area contributed by atoms with Crippen molar-refractivity contribution < 1.29 is 4.79 Å². The van der Waals surface area contributed by atoms with E-state index >= 15 is 0 Å². The molecule has 1 aliphatic rings. The number of amides is 1. The number of nitrogens with one attached hydrogen (secondary N) is 2. The minimum atomic E-state index is 0.0221. The molecule has 0 spiro atoms. The lowest BCUT2D eigenvalue weighted by Crippen LogP contribution is -2.37. The summed E-state index contributed by atoms with van der Waals surface area (Å²) in [5, 5.41) is 5.06. The summed E-state index contributed by atoms with van der Waals surface area (Å²) in [4.78, 5) is 15.7. The quantitative estimate of drug-likeness (QED) is 0.676. The van der Waals surface area contributed by atoms with Crippen LogP contribution in [0.15, 0.2) is 54.7 Å². The van der Waals surface area contributed by atoms with E-state index in [1.165, 1.54) is 5.39 Å². The number of hydrogen-bond donors (Lipinski definition) is 2. The molecule has 1 aliphatic carbocycles. The highest BCUT2D eigenvalue weighted by atomic mass is 35.5. The molecular weight excluding hydrogens is 332 g/mol. The van der Waals surface area contributed by atoms with Crippen LogP contribution in [0.1, 0.15) is 36.3 Å². The number of H-pyrrole nitrogens is 1. The van der Waals surface area contributed by atoms with E-state index in [9.17, 15) is 4.79 Å². The Morgan fingerprint density at radius 2 is 1.88 bits per heavy atom. The molecule has 4 rings (SSSR count). The normalized spacial score (nSPS) is 15.7. The van der Waals surface area contributed by atoms with E-state index in [-0.39, 0.29) is 17.7 Å². The summed E-state index contributed by atoms with van der Waals surface area (Å²) in [6, 6.07) is 16.1. The summed E-state index contributed by atoms with van der Waals surface area (Å²) in [6.45, 7) is 0.556. The maximum atomic E-state index is 12.3. The Morgan fingerprint density at radius 1 is 1.12 bits per heavy atom. The Hall–Kier alpha value is -2.26. The summed E-state index contributed by atoms with van der Waals surface area (Å²) in [7, 11) is 0. The summed E-state index contributed by atoms with van der Waals surface area (Å²) in [6.07, 6.45) is 5.22. The number of aromatic amines is 1. The van der Waals surface area contributed by atoms with Crippen LogP contribution in [0.2, 0.25) is 5.02 Å². The lowest BCUT2D eigenvalue weighted by molar-refractivity contribution is -0.127. The van der Waals surface area contributed by atoms with Gasteiger partial charge in [0, 0.05) is 40.5 Å². The van der Waals surface area contributed by atoms with Crippen molar-refractivity contribution in [2.75, 3.05) is 6.54 Å². The second kappa shape index (κ2) is 6.93. The second-order valence-corrected chi connectivity index (χ2v) is 7.14. The molecule has 1 heterocycles. The Kier molecular flexibility index (Phi) is 4.50. The third-order valence-electron chi connectivity index (χ3n) is 5.23. The van der Waals surface area contributed by atoms with Gasteiger partial charge < -0.3 is 10.3 Å². The van der Waals surface area contributed by atoms with Crippen LogP contribution in [0.25, 0.3) is 10.9 Å². The fourth-order valence-corrected chi connectivity index (χ4v) is 3.81. The van der Waals surface area contributed by atoms with Crippen molar-refractivity contribution in [2.45, 2.75) is 25.2 Å². The largest absolute Gasteiger partial charge is 0.361 e. The molecule has 1 saturated carbocycles. The van der Waals surface area contributed by atoms with Crippen LogP contribution in [-0.2, 0) is 4.79 Å². The molecule has 3 aromatic rings. The molecule has 1 amide bonds. The fourth-order valence-electron chi connectivity index (χ4n) is 3.54. The molecule has 0 saturated heterocycles. The van der Waals surface area contributed by atoms with E-state index in [0.29, 0.717) is 6.54 Å². The second-order valence-electron chi connectivity index (χ2n) is 6.74. The molecule has 2 aromatic carbocycles. The number of para-hydroxylation sites is 1. The Morgan fingerprint density at radius 3 is 2.64 bits per heavy atom. The summed E-state index contributed by atoms with van der Waals surface area (Å²) in [5.74, 6) is 0.381. The smallest absolute Gasteiger partial charge is 0.223 e. The standard InChI is InChI=1S/C21H21ClN2O/c22-19-10-3-1-8-15(19)17(13-24-21(25)14-6-5-7-14)18-12-23-20-11-4-2-9-16(18)20/h1-4,8-12,14,17,23H,5-7,13H2,(H,24,25)/t17-/m1/s1. The third kappa shape index (κ3) is 3.16. The number of carbonyl (C=O) groups excluding carboxylic acids is 1. The Balaban J connectivity index is 1.68. The first kappa shape index (κ1) is 16.2. The van der Waals surface area contributed by atoms with Gasteiger partial charge in [0.2, 0.25) is 5.91 Å². The molecule has 4 heteroatoms. The zero-order valence-electron chi connectivity index (χ0n) is 14.0. The molecule has 1 fully saturated rings. The minimum Gasteiger partial charge on any atom is -0.361 e. The highest BCUT2D eigenvalue weighted by molar-refractivity contribution is 6.31. The topological polar surface area (TPSA) is 44.9 Å². The van der Waals surface area contributed by atoms with Crippen molar-refractivity contribution in [3.05, 3.63) is 70.9 Å². The number of halogens is 1. The fraction of sp³-hybridized carbons (Fsp3) is 0.286. The van der Waals surface area contributed by atoms with Crippen molar-refractivity contribution in [3.63, 3.8) is 0 Å². The van der Waals surface area contributed by atoms with E-state index in [4.69, 9.17) is 11.6 Å². The molecule has 25 heavy (non-hydrogen) atoms. The van der Waals surface area contributed by atoms with Crippen LogP contribution >= 0.6 is 11.6 Å². The molecular formula is C21H21ClN2O. The van der Waals surface area contributed by atoms with Crippen molar-refractivity contribution in [1.82, 2.24) is 10.3 Å². The number of rotatable bonds is 5. The van der Waals surface area contributed by atoms with E-state index in [1.54, 1.807) is 0 Å². The van der Waals surface area contributed by atoms with Crippen molar-refractivity contribution in [2.24, 2.45) is 5.92 Å². The average Bonchev–Trinajstić information content (AvgIpc) is 2.99. The van der Waals surface area contributed by atoms with E-state index < -0.39 is 0 Å². The predicted molar refractivity (Wildman–Crippen MR) is 102 cm³/mol. The number of benzene rings is 2. The zero-order valence-corrected chi connectivity index (χ0v) is 14.7. The summed E-state index contributed by atoms with van der Waals surface area (Å²) < 4.78 is 0. The van der Waals surface area contributed by atoms with Crippen molar-refractivity contribution in [1.29, 1.82) is 0 Å². The Bertz CT molecular complexity index is 898. The van der Waals surface area contributed by atoms with Crippen molar-refractivity contribution in [3.8, 4) is 0 Å². The van der Waals surface area contributed by atoms with Gasteiger partial charge >= 0.3 is 0 Å². The van der Waals surface area contributed by atoms with Gasteiger partial charge in [-0.1, -0.05) is 54.4 Å². The first-order valence-corrected chi connectivity index (χ1v) is 9.20. The number of fused-ring (bicyclic) bond motifs is 1. The lowest BCUT2D eigenvalue weighted by Gasteiger charge is -2.26. The van der Waals surface area contributed by atoms with E-state index in [0.717, 1.165) is 40.9 Å². The van der Waals surface area contributed by atoms with Gasteiger partial charge in [-0.25, -0.2) is 0 Å². The molecule has 0 bridgehead atoms. The highest BCUT2D eigenvalue weighted by Crippen LogP contribution is 2.34. The van der Waals surface area contributed by atoms with Gasteiger partial charge in [0.05, 0.1) is 0 Å². The summed E-state index contributed by atoms with van der Waals surface area (Å²) >= 11 is 6.48. The van der Waals surface area contributed by atoms with E-state index in [2.05, 4.69) is 22.4 Å². The SMILES string of the molecule is O=C(NC[C@H](c1ccccc1Cl)c1c[nH]c2ccccc12)C1CCC1. The number of carbonyl (C=O) groups is 1.